The van der Waals surface area contributed by atoms with Gasteiger partial charge in [-0.25, -0.2) is 0 Å². The number of hydrogen-bond acceptors (Lipinski definition) is 3. The normalized spacial score (nSPS) is 21.0. The van der Waals surface area contributed by atoms with Crippen LogP contribution in [0, 0.1) is 13.8 Å². The van der Waals surface area contributed by atoms with E-state index in [0.717, 1.165) is 22.2 Å². The molecule has 1 aliphatic heterocycles. The largest absolute Gasteiger partial charge is 0.494 e. The number of aryl methyl sites for hydroxylation is 1. The van der Waals surface area contributed by atoms with Gasteiger partial charge in [0.25, 0.3) is 0 Å². The Morgan fingerprint density at radius 2 is 1.82 bits per heavy atom. The molecule has 2 fully saturated rings. The van der Waals surface area contributed by atoms with Gasteiger partial charge in [-0.05, 0) is 93.9 Å². The average molecular weight is 475 g/mol. The topological polar surface area (TPSA) is 42.3 Å². The number of aromatic nitrogens is 2. The smallest absolute Gasteiger partial charge is 0.174 e. The Kier molecular flexibility index (Phi) is 6.59. The summed E-state index contributed by atoms with van der Waals surface area (Å²) in [5.41, 5.74) is 6.07. The van der Waals surface area contributed by atoms with Crippen LogP contribution in [0.25, 0.3) is 0 Å². The molecule has 2 aliphatic rings. The molecule has 1 saturated carbocycles. The Hall–Kier alpha value is -2.86. The van der Waals surface area contributed by atoms with E-state index in [9.17, 15) is 0 Å². The fourth-order valence-corrected chi connectivity index (χ4v) is 6.17. The van der Waals surface area contributed by atoms with Crippen molar-refractivity contribution >= 4 is 23.0 Å². The summed E-state index contributed by atoms with van der Waals surface area (Å²) in [6.45, 7) is 7.19. The molecule has 0 radical (unpaired) electrons. The third-order valence-corrected chi connectivity index (χ3v) is 7.62. The van der Waals surface area contributed by atoms with Gasteiger partial charge >= 0.3 is 0 Å². The fourth-order valence-electron chi connectivity index (χ4n) is 5.82. The molecule has 34 heavy (non-hydrogen) atoms. The van der Waals surface area contributed by atoms with E-state index in [1.807, 2.05) is 31.3 Å². The summed E-state index contributed by atoms with van der Waals surface area (Å²) >= 11 is 5.92. The summed E-state index contributed by atoms with van der Waals surface area (Å²) in [5, 5.41) is 4.33. The van der Waals surface area contributed by atoms with Crippen LogP contribution in [0.5, 0.6) is 5.75 Å². The zero-order valence-corrected chi connectivity index (χ0v) is 21.1. The van der Waals surface area contributed by atoms with Crippen molar-refractivity contribution in [3.8, 4) is 5.75 Å². The third-order valence-electron chi connectivity index (χ3n) is 7.31. The van der Waals surface area contributed by atoms with Gasteiger partial charge < -0.3 is 19.5 Å². The van der Waals surface area contributed by atoms with Crippen LogP contribution < -0.4 is 15.0 Å². The second-order valence-corrected chi connectivity index (χ2v) is 9.80. The molecule has 2 aromatic heterocycles. The van der Waals surface area contributed by atoms with E-state index >= 15 is 0 Å². The van der Waals surface area contributed by atoms with Crippen molar-refractivity contribution in [3.05, 3.63) is 77.4 Å². The minimum Gasteiger partial charge on any atom is -0.494 e. The molecule has 1 N–H and O–H groups in total. The molecule has 6 heteroatoms. The first kappa shape index (κ1) is 22.9. The van der Waals surface area contributed by atoms with E-state index in [1.54, 1.807) is 0 Å². The van der Waals surface area contributed by atoms with Crippen molar-refractivity contribution in [1.29, 1.82) is 0 Å². The van der Waals surface area contributed by atoms with Gasteiger partial charge in [0.2, 0.25) is 0 Å². The third kappa shape index (κ3) is 4.20. The second kappa shape index (κ2) is 9.79. The number of rotatable bonds is 6. The van der Waals surface area contributed by atoms with Crippen LogP contribution in [-0.4, -0.2) is 21.3 Å². The lowest BCUT2D eigenvalue weighted by molar-refractivity contribution is 0.340. The number of benzene rings is 1. The Morgan fingerprint density at radius 1 is 1.06 bits per heavy atom. The maximum Gasteiger partial charge on any atom is 0.174 e. The fraction of sp³-hybridized carbons (Fsp3) is 0.429. The van der Waals surface area contributed by atoms with Gasteiger partial charge in [0.05, 0.1) is 24.4 Å². The van der Waals surface area contributed by atoms with E-state index in [0.29, 0.717) is 12.6 Å². The highest BCUT2D eigenvalue weighted by Gasteiger charge is 2.42. The maximum atomic E-state index is 5.92. The SMILES string of the molecule is CCOc1ccc(N2C(=S)N[C@H](c3ccccn3)[C@@H]2c2cc(C)n(C3CCCCC3)c2C)cc1. The van der Waals surface area contributed by atoms with E-state index in [4.69, 9.17) is 21.9 Å². The molecule has 1 saturated heterocycles. The standard InChI is InChI=1S/C28H34N4OS/c1-4-33-23-15-13-22(14-16-23)32-27(26(30-28(32)34)25-12-8-9-17-29-25)24-18-19(2)31(20(24)3)21-10-6-5-7-11-21/h8-9,12-18,21,26-27H,4-7,10-11H2,1-3H3,(H,30,34)/t26-,27+/m1/s1. The van der Waals surface area contributed by atoms with Crippen LogP contribution in [0.15, 0.2) is 54.7 Å². The number of pyridine rings is 1. The summed E-state index contributed by atoms with van der Waals surface area (Å²) in [4.78, 5) is 6.97. The van der Waals surface area contributed by atoms with Gasteiger partial charge in [0.1, 0.15) is 5.75 Å². The van der Waals surface area contributed by atoms with Crippen molar-refractivity contribution in [1.82, 2.24) is 14.9 Å². The zero-order valence-electron chi connectivity index (χ0n) is 20.3. The molecule has 5 rings (SSSR count). The summed E-state index contributed by atoms with van der Waals surface area (Å²) in [6.07, 6.45) is 8.40. The Labute approximate surface area is 208 Å². The number of ether oxygens (including phenoxy) is 1. The molecule has 3 heterocycles. The molecule has 1 aromatic carbocycles. The molecule has 178 valence electrons. The van der Waals surface area contributed by atoms with Gasteiger partial charge in [-0.2, -0.15) is 0 Å². The highest BCUT2D eigenvalue weighted by atomic mass is 32.1. The summed E-state index contributed by atoms with van der Waals surface area (Å²) < 4.78 is 8.26. The quantitative estimate of drug-likeness (QED) is 0.409. The van der Waals surface area contributed by atoms with Crippen molar-refractivity contribution in [2.24, 2.45) is 0 Å². The Balaban J connectivity index is 1.59. The number of hydrogen-bond donors (Lipinski definition) is 1. The Morgan fingerprint density at radius 3 is 2.50 bits per heavy atom. The lowest BCUT2D eigenvalue weighted by Gasteiger charge is -2.30. The van der Waals surface area contributed by atoms with Crippen molar-refractivity contribution in [3.63, 3.8) is 0 Å². The predicted octanol–water partition coefficient (Wildman–Crippen LogP) is 6.58. The molecular formula is C28H34N4OS. The zero-order chi connectivity index (χ0) is 23.7. The van der Waals surface area contributed by atoms with E-state index in [-0.39, 0.29) is 12.1 Å². The van der Waals surface area contributed by atoms with Gasteiger partial charge in [-0.15, -0.1) is 0 Å². The molecule has 3 aromatic rings. The minimum absolute atomic E-state index is 0.0175. The first-order chi connectivity index (χ1) is 16.6. The van der Waals surface area contributed by atoms with Gasteiger partial charge in [-0.3, -0.25) is 4.98 Å². The first-order valence-corrected chi connectivity index (χ1v) is 12.9. The van der Waals surface area contributed by atoms with Gasteiger partial charge in [-0.1, -0.05) is 25.3 Å². The van der Waals surface area contributed by atoms with Crippen LogP contribution in [0.1, 0.15) is 79.8 Å². The lowest BCUT2D eigenvalue weighted by atomic mass is 9.94. The van der Waals surface area contributed by atoms with E-state index < -0.39 is 0 Å². The molecule has 0 unspecified atom stereocenters. The maximum absolute atomic E-state index is 5.92. The molecule has 0 amide bonds. The van der Waals surface area contributed by atoms with Crippen LogP contribution >= 0.6 is 12.2 Å². The molecule has 1 aliphatic carbocycles. The minimum atomic E-state index is -0.0272. The molecule has 0 bridgehead atoms. The summed E-state index contributed by atoms with van der Waals surface area (Å²) in [5.74, 6) is 0.873. The highest BCUT2D eigenvalue weighted by molar-refractivity contribution is 7.80. The monoisotopic (exact) mass is 474 g/mol. The Bertz CT molecular complexity index is 1140. The van der Waals surface area contributed by atoms with Gasteiger partial charge in [0, 0.05) is 29.3 Å². The predicted molar refractivity (Wildman–Crippen MR) is 142 cm³/mol. The van der Waals surface area contributed by atoms with Crippen LogP contribution in [0.3, 0.4) is 0 Å². The first-order valence-electron chi connectivity index (χ1n) is 12.5. The molecular weight excluding hydrogens is 440 g/mol. The van der Waals surface area contributed by atoms with Crippen LogP contribution in [0.4, 0.5) is 5.69 Å². The lowest BCUT2D eigenvalue weighted by Crippen LogP contribution is -2.29. The van der Waals surface area contributed by atoms with Crippen molar-refractivity contribution < 1.29 is 4.74 Å². The van der Waals surface area contributed by atoms with E-state index in [1.165, 1.54) is 49.1 Å². The molecule has 5 nitrogen and oxygen atoms in total. The second-order valence-electron chi connectivity index (χ2n) is 9.41. The van der Waals surface area contributed by atoms with Crippen molar-refractivity contribution in [2.75, 3.05) is 11.5 Å². The van der Waals surface area contributed by atoms with Gasteiger partial charge in [0.15, 0.2) is 5.11 Å². The molecule has 0 spiro atoms. The van der Waals surface area contributed by atoms with Crippen LogP contribution in [0.2, 0.25) is 0 Å². The average Bonchev–Trinajstić information content (AvgIpc) is 3.36. The number of thiocarbonyl (C=S) groups is 1. The van der Waals surface area contributed by atoms with Crippen LogP contribution in [-0.2, 0) is 0 Å². The summed E-state index contributed by atoms with van der Waals surface area (Å²) in [6, 6.07) is 17.3. The molecule has 2 atom stereocenters. The number of nitrogens with zero attached hydrogens (tertiary/aromatic N) is 3. The highest BCUT2D eigenvalue weighted by Crippen LogP contribution is 2.44. The number of anilines is 1. The van der Waals surface area contributed by atoms with E-state index in [2.05, 4.69) is 59.0 Å². The van der Waals surface area contributed by atoms with Crippen molar-refractivity contribution in [2.45, 2.75) is 71.0 Å². The summed E-state index contributed by atoms with van der Waals surface area (Å²) in [7, 11) is 0. The number of nitrogens with one attached hydrogen (secondary N) is 1.